The molecule has 0 aromatic heterocycles. The monoisotopic (exact) mass is 191 g/mol. The minimum absolute atomic E-state index is 0.150. The maximum absolute atomic E-state index is 5.20. The van der Waals surface area contributed by atoms with E-state index in [0.717, 1.165) is 6.42 Å². The van der Waals surface area contributed by atoms with Crippen LogP contribution in [0, 0.1) is 6.92 Å². The highest BCUT2D eigenvalue weighted by molar-refractivity contribution is 5.98. The minimum atomic E-state index is -0.150. The lowest BCUT2D eigenvalue weighted by Crippen LogP contribution is -2.26. The van der Waals surface area contributed by atoms with Gasteiger partial charge in [0.1, 0.15) is 0 Å². The molecule has 0 unspecified atom stereocenters. The molecule has 0 saturated heterocycles. The summed E-state index contributed by atoms with van der Waals surface area (Å²) in [6.07, 6.45) is 0.920. The SMILES string of the molecule is Cc1ccccc1CC(C)(C)O[Si]. The van der Waals surface area contributed by atoms with Gasteiger partial charge in [-0.2, -0.15) is 0 Å². The Bertz CT molecular complexity index is 281. The van der Waals surface area contributed by atoms with Gasteiger partial charge in [0.05, 0.1) is 5.60 Å². The Hall–Kier alpha value is -0.603. The number of aryl methyl sites for hydroxylation is 1. The van der Waals surface area contributed by atoms with Gasteiger partial charge >= 0.3 is 0 Å². The van der Waals surface area contributed by atoms with Crippen molar-refractivity contribution in [3.05, 3.63) is 35.4 Å². The van der Waals surface area contributed by atoms with Crippen molar-refractivity contribution in [3.63, 3.8) is 0 Å². The molecule has 0 bridgehead atoms. The van der Waals surface area contributed by atoms with Crippen LogP contribution < -0.4 is 0 Å². The Labute approximate surface area is 83.7 Å². The second-order valence-electron chi connectivity index (χ2n) is 3.97. The van der Waals surface area contributed by atoms with Gasteiger partial charge in [0.15, 0.2) is 0 Å². The fraction of sp³-hybridized carbons (Fsp3) is 0.455. The maximum Gasteiger partial charge on any atom is 0.246 e. The van der Waals surface area contributed by atoms with Gasteiger partial charge in [-0.3, -0.25) is 0 Å². The van der Waals surface area contributed by atoms with E-state index in [2.05, 4.69) is 55.5 Å². The van der Waals surface area contributed by atoms with Crippen LogP contribution in [0.25, 0.3) is 0 Å². The van der Waals surface area contributed by atoms with Crippen molar-refractivity contribution in [1.82, 2.24) is 0 Å². The van der Waals surface area contributed by atoms with Crippen molar-refractivity contribution >= 4 is 10.5 Å². The number of benzene rings is 1. The molecule has 0 aliphatic rings. The Balaban J connectivity index is 2.80. The van der Waals surface area contributed by atoms with Gasteiger partial charge in [0.25, 0.3) is 0 Å². The zero-order chi connectivity index (χ0) is 9.90. The smallest absolute Gasteiger partial charge is 0.246 e. The Kier molecular flexibility index (Phi) is 3.28. The van der Waals surface area contributed by atoms with Crippen LogP contribution in [0.3, 0.4) is 0 Å². The molecule has 0 aliphatic heterocycles. The molecule has 1 nitrogen and oxygen atoms in total. The van der Waals surface area contributed by atoms with Gasteiger partial charge in [-0.05, 0) is 38.3 Å². The number of rotatable bonds is 3. The molecule has 0 N–H and O–H groups in total. The molecule has 2 heteroatoms. The Morgan fingerprint density at radius 1 is 1.31 bits per heavy atom. The van der Waals surface area contributed by atoms with E-state index >= 15 is 0 Å². The van der Waals surface area contributed by atoms with Gasteiger partial charge in [0.2, 0.25) is 10.5 Å². The first-order valence-corrected chi connectivity index (χ1v) is 4.85. The van der Waals surface area contributed by atoms with Gasteiger partial charge in [-0.1, -0.05) is 24.3 Å². The summed E-state index contributed by atoms with van der Waals surface area (Å²) >= 11 is 0. The van der Waals surface area contributed by atoms with E-state index in [1.807, 2.05) is 0 Å². The molecule has 3 radical (unpaired) electrons. The Morgan fingerprint density at radius 2 is 1.92 bits per heavy atom. The zero-order valence-corrected chi connectivity index (χ0v) is 9.42. The molecule has 0 heterocycles. The summed E-state index contributed by atoms with van der Waals surface area (Å²) < 4.78 is 5.20. The quantitative estimate of drug-likeness (QED) is 0.667. The molecular weight excluding hydrogens is 176 g/mol. The van der Waals surface area contributed by atoms with Crippen molar-refractivity contribution in [2.75, 3.05) is 0 Å². The van der Waals surface area contributed by atoms with Gasteiger partial charge in [-0.25, -0.2) is 0 Å². The average molecular weight is 191 g/mol. The van der Waals surface area contributed by atoms with Crippen molar-refractivity contribution in [3.8, 4) is 0 Å². The van der Waals surface area contributed by atoms with Crippen LogP contribution in [0.2, 0.25) is 0 Å². The number of hydrogen-bond donors (Lipinski definition) is 0. The molecule has 0 saturated carbocycles. The van der Waals surface area contributed by atoms with Gasteiger partial charge in [-0.15, -0.1) is 0 Å². The van der Waals surface area contributed by atoms with Crippen molar-refractivity contribution in [2.45, 2.75) is 32.8 Å². The van der Waals surface area contributed by atoms with E-state index in [4.69, 9.17) is 4.43 Å². The largest absolute Gasteiger partial charge is 0.413 e. The lowest BCUT2D eigenvalue weighted by Gasteiger charge is -2.24. The van der Waals surface area contributed by atoms with Crippen LogP contribution in [-0.4, -0.2) is 16.1 Å². The van der Waals surface area contributed by atoms with E-state index in [1.54, 1.807) is 0 Å². The highest BCUT2D eigenvalue weighted by atomic mass is 28.2. The normalized spacial score (nSPS) is 11.7. The lowest BCUT2D eigenvalue weighted by molar-refractivity contribution is 0.124. The summed E-state index contributed by atoms with van der Waals surface area (Å²) in [4.78, 5) is 0. The summed E-state index contributed by atoms with van der Waals surface area (Å²) in [5, 5.41) is 0. The lowest BCUT2D eigenvalue weighted by atomic mass is 9.96. The first-order chi connectivity index (χ1) is 6.05. The van der Waals surface area contributed by atoms with Gasteiger partial charge < -0.3 is 4.43 Å². The minimum Gasteiger partial charge on any atom is -0.413 e. The predicted molar refractivity (Wildman–Crippen MR) is 55.8 cm³/mol. The molecule has 1 aromatic carbocycles. The summed E-state index contributed by atoms with van der Waals surface area (Å²) in [7, 11) is 3.10. The first-order valence-electron chi connectivity index (χ1n) is 4.44. The third-order valence-electron chi connectivity index (χ3n) is 2.15. The summed E-state index contributed by atoms with van der Waals surface area (Å²) in [5.74, 6) is 0. The molecule has 0 aliphatic carbocycles. The number of hydrogen-bond acceptors (Lipinski definition) is 1. The van der Waals surface area contributed by atoms with Crippen LogP contribution in [0.15, 0.2) is 24.3 Å². The van der Waals surface area contributed by atoms with Crippen LogP contribution in [0.1, 0.15) is 25.0 Å². The molecule has 0 amide bonds. The molecule has 1 aromatic rings. The second kappa shape index (κ2) is 4.07. The summed E-state index contributed by atoms with van der Waals surface area (Å²) in [6.45, 7) is 6.25. The highest BCUT2D eigenvalue weighted by Crippen LogP contribution is 2.18. The zero-order valence-electron chi connectivity index (χ0n) is 8.42. The Morgan fingerprint density at radius 3 is 2.46 bits per heavy atom. The summed E-state index contributed by atoms with van der Waals surface area (Å²) in [6, 6.07) is 8.38. The molecule has 0 fully saturated rings. The van der Waals surface area contributed by atoms with E-state index in [-0.39, 0.29) is 5.60 Å². The molecule has 0 atom stereocenters. The molecule has 1 rings (SSSR count). The van der Waals surface area contributed by atoms with E-state index in [9.17, 15) is 0 Å². The molecule has 13 heavy (non-hydrogen) atoms. The summed E-state index contributed by atoms with van der Waals surface area (Å²) in [5.41, 5.74) is 2.51. The first kappa shape index (κ1) is 10.5. The van der Waals surface area contributed by atoms with Crippen molar-refractivity contribution < 1.29 is 4.43 Å². The van der Waals surface area contributed by atoms with E-state index in [0.29, 0.717) is 0 Å². The van der Waals surface area contributed by atoms with Crippen LogP contribution >= 0.6 is 0 Å². The topological polar surface area (TPSA) is 9.23 Å². The van der Waals surface area contributed by atoms with Crippen LogP contribution in [-0.2, 0) is 10.8 Å². The molecule has 69 valence electrons. The van der Waals surface area contributed by atoms with E-state index in [1.165, 1.54) is 11.1 Å². The van der Waals surface area contributed by atoms with Crippen molar-refractivity contribution in [1.29, 1.82) is 0 Å². The third-order valence-corrected chi connectivity index (χ3v) is 2.71. The fourth-order valence-corrected chi connectivity index (χ4v) is 1.38. The van der Waals surface area contributed by atoms with Crippen molar-refractivity contribution in [2.24, 2.45) is 0 Å². The van der Waals surface area contributed by atoms with Gasteiger partial charge in [0, 0.05) is 0 Å². The predicted octanol–water partition coefficient (Wildman–Crippen LogP) is 2.42. The third kappa shape index (κ3) is 2.97. The second-order valence-corrected chi connectivity index (χ2v) is 4.17. The maximum atomic E-state index is 5.20. The van der Waals surface area contributed by atoms with Crippen LogP contribution in [0.4, 0.5) is 0 Å². The standard InChI is InChI=1S/C11H15OSi/c1-9-6-4-5-7-10(9)8-11(2,3)12-13/h4-7H,8H2,1-3H3. The fourth-order valence-electron chi connectivity index (χ4n) is 1.30. The van der Waals surface area contributed by atoms with E-state index < -0.39 is 0 Å². The van der Waals surface area contributed by atoms with Crippen LogP contribution in [0.5, 0.6) is 0 Å². The average Bonchev–Trinajstić information content (AvgIpc) is 2.09. The molecule has 0 spiro atoms. The highest BCUT2D eigenvalue weighted by Gasteiger charge is 2.17. The molecular formula is C11H15OSi.